The van der Waals surface area contributed by atoms with E-state index in [-0.39, 0.29) is 0 Å². The highest BCUT2D eigenvalue weighted by atomic mass is 32.1. The fourth-order valence-corrected chi connectivity index (χ4v) is 14.9. The molecule has 0 radical (unpaired) electrons. The van der Waals surface area contributed by atoms with Crippen LogP contribution >= 0.6 is 11.3 Å². The smallest absolute Gasteiger partial charge is 0.140 e. The summed E-state index contributed by atoms with van der Waals surface area (Å²) in [5, 5.41) is 4.78. The molecule has 2 heterocycles. The molecule has 0 bridgehead atoms. The molecule has 3 heteroatoms. The predicted octanol–water partition coefficient (Wildman–Crippen LogP) is 19.8. The summed E-state index contributed by atoms with van der Waals surface area (Å²) < 4.78 is 10.0. The first-order valence-corrected chi connectivity index (χ1v) is 27.4. The largest absolute Gasteiger partial charge is 0.456 e. The Labute approximate surface area is 451 Å². The SMILES string of the molecule is c1ccc(C2(c3ccccc3)c3ccccc3-c3ccc(N(c4ccc(-c5cccc6c5sc5ccccc56)cc4)c4ccc5c(c4)oc4c(C6(c7ccccc7)c7ccccc7-c7ccccc76)cccc45)cc32)cc1. The molecular formula is C74H47NOS. The normalized spacial score (nSPS) is 13.7. The van der Waals surface area contributed by atoms with Crippen molar-refractivity contribution in [3.05, 3.63) is 330 Å². The molecule has 0 amide bonds. The van der Waals surface area contributed by atoms with Crippen molar-refractivity contribution in [3.63, 3.8) is 0 Å². The van der Waals surface area contributed by atoms with Gasteiger partial charge >= 0.3 is 0 Å². The molecule has 2 aliphatic rings. The monoisotopic (exact) mass is 997 g/mol. The fourth-order valence-electron chi connectivity index (χ4n) is 13.7. The third-order valence-electron chi connectivity index (χ3n) is 16.8. The summed E-state index contributed by atoms with van der Waals surface area (Å²) in [6, 6.07) is 105. The van der Waals surface area contributed by atoms with E-state index in [4.69, 9.17) is 4.42 Å². The number of furan rings is 1. The zero-order valence-electron chi connectivity index (χ0n) is 41.9. The minimum Gasteiger partial charge on any atom is -0.456 e. The maximum absolute atomic E-state index is 7.42. The van der Waals surface area contributed by atoms with E-state index in [9.17, 15) is 0 Å². The van der Waals surface area contributed by atoms with Crippen LogP contribution in [0.1, 0.15) is 44.5 Å². The van der Waals surface area contributed by atoms with E-state index in [1.807, 2.05) is 11.3 Å². The van der Waals surface area contributed by atoms with Gasteiger partial charge in [-0.3, -0.25) is 0 Å². The van der Waals surface area contributed by atoms with E-state index >= 15 is 0 Å². The molecule has 2 nitrogen and oxygen atoms in total. The van der Waals surface area contributed by atoms with Gasteiger partial charge in [0, 0.05) is 59.6 Å². The quantitative estimate of drug-likeness (QED) is 0.151. The molecule has 0 unspecified atom stereocenters. The molecule has 360 valence electrons. The van der Waals surface area contributed by atoms with Crippen LogP contribution in [0.4, 0.5) is 17.1 Å². The average Bonchev–Trinajstić information content (AvgIpc) is 4.38. The lowest BCUT2D eigenvalue weighted by atomic mass is 9.67. The predicted molar refractivity (Wildman–Crippen MR) is 321 cm³/mol. The average molecular weight is 998 g/mol. The van der Waals surface area contributed by atoms with Gasteiger partial charge in [-0.25, -0.2) is 0 Å². The van der Waals surface area contributed by atoms with E-state index in [2.05, 4.69) is 290 Å². The molecule has 16 rings (SSSR count). The Morgan fingerprint density at radius 2 is 0.766 bits per heavy atom. The first kappa shape index (κ1) is 43.8. The second-order valence-electron chi connectivity index (χ2n) is 20.6. The number of fused-ring (bicyclic) bond motifs is 12. The molecular weight excluding hydrogens is 951 g/mol. The molecule has 77 heavy (non-hydrogen) atoms. The van der Waals surface area contributed by atoms with Crippen LogP contribution in [0.25, 0.3) is 75.5 Å². The van der Waals surface area contributed by atoms with Crippen molar-refractivity contribution in [1.29, 1.82) is 0 Å². The highest BCUT2D eigenvalue weighted by Gasteiger charge is 2.48. The lowest BCUT2D eigenvalue weighted by molar-refractivity contribution is 0.648. The number of para-hydroxylation sites is 1. The number of anilines is 3. The number of benzene rings is 12. The zero-order valence-corrected chi connectivity index (χ0v) is 42.7. The van der Waals surface area contributed by atoms with E-state index in [1.54, 1.807) is 0 Å². The van der Waals surface area contributed by atoms with Crippen molar-refractivity contribution >= 4 is 70.5 Å². The van der Waals surface area contributed by atoms with Crippen LogP contribution in [0.3, 0.4) is 0 Å². The van der Waals surface area contributed by atoms with Gasteiger partial charge in [0.15, 0.2) is 0 Å². The molecule has 14 aromatic rings. The lowest BCUT2D eigenvalue weighted by Crippen LogP contribution is -2.28. The number of rotatable bonds is 8. The van der Waals surface area contributed by atoms with Gasteiger partial charge in [0.25, 0.3) is 0 Å². The van der Waals surface area contributed by atoms with Crippen LogP contribution in [0.15, 0.2) is 290 Å². The second kappa shape index (κ2) is 17.0. The van der Waals surface area contributed by atoms with Gasteiger partial charge in [0.2, 0.25) is 0 Å². The summed E-state index contributed by atoms with van der Waals surface area (Å²) in [5.74, 6) is 0. The van der Waals surface area contributed by atoms with Crippen molar-refractivity contribution in [2.45, 2.75) is 10.8 Å². The summed E-state index contributed by atoms with van der Waals surface area (Å²) in [6.07, 6.45) is 0. The van der Waals surface area contributed by atoms with E-state index in [0.29, 0.717) is 0 Å². The molecule has 12 aromatic carbocycles. The Kier molecular flexibility index (Phi) is 9.67. The van der Waals surface area contributed by atoms with Crippen molar-refractivity contribution in [3.8, 4) is 33.4 Å². The minimum atomic E-state index is -0.607. The van der Waals surface area contributed by atoms with Gasteiger partial charge in [-0.15, -0.1) is 11.3 Å². The van der Waals surface area contributed by atoms with Crippen LogP contribution in [0.2, 0.25) is 0 Å². The van der Waals surface area contributed by atoms with E-state index in [1.165, 1.54) is 92.5 Å². The number of hydrogen-bond acceptors (Lipinski definition) is 3. The van der Waals surface area contributed by atoms with Gasteiger partial charge in [-0.05, 0) is 115 Å². The third-order valence-corrected chi connectivity index (χ3v) is 18.1. The van der Waals surface area contributed by atoms with Crippen LogP contribution in [0, 0.1) is 0 Å². The van der Waals surface area contributed by atoms with E-state index in [0.717, 1.165) is 44.6 Å². The molecule has 0 saturated heterocycles. The number of nitrogens with zero attached hydrogens (tertiary/aromatic N) is 1. The van der Waals surface area contributed by atoms with Crippen molar-refractivity contribution in [2.75, 3.05) is 4.90 Å². The lowest BCUT2D eigenvalue weighted by Gasteiger charge is -2.35. The van der Waals surface area contributed by atoms with Gasteiger partial charge in [0.05, 0.1) is 10.8 Å². The summed E-state index contributed by atoms with van der Waals surface area (Å²) in [5.41, 5.74) is 21.0. The molecule has 0 aliphatic heterocycles. The first-order valence-electron chi connectivity index (χ1n) is 26.6. The van der Waals surface area contributed by atoms with Gasteiger partial charge < -0.3 is 9.32 Å². The van der Waals surface area contributed by atoms with Crippen LogP contribution < -0.4 is 4.90 Å². The Morgan fingerprint density at radius 1 is 0.299 bits per heavy atom. The number of thiophene rings is 1. The van der Waals surface area contributed by atoms with Crippen LogP contribution in [-0.4, -0.2) is 0 Å². The Morgan fingerprint density at radius 3 is 1.43 bits per heavy atom. The second-order valence-corrected chi connectivity index (χ2v) is 21.6. The standard InChI is InChI=1S/C74H47NOS/c1-4-20-49(21-5-1)73(50-22-6-2-7-23-50)64-33-14-10-28-58(64)59-44-42-53(46-68(59)73)75(52-40-38-48(39-41-52)55-30-18-32-63-61-29-13-17-37-70(61)77-72(55)63)54-43-45-60-62-31-19-36-67(71(62)76-69(60)47-54)74(51-24-8-3-9-25-51)65-34-15-11-26-56(65)57-27-12-16-35-66(57)74/h1-47H. The maximum Gasteiger partial charge on any atom is 0.140 e. The van der Waals surface area contributed by atoms with Gasteiger partial charge in [0.1, 0.15) is 11.2 Å². The van der Waals surface area contributed by atoms with Crippen molar-refractivity contribution < 1.29 is 4.42 Å². The molecule has 0 fully saturated rings. The maximum atomic E-state index is 7.42. The minimum absolute atomic E-state index is 0.561. The molecule has 0 saturated carbocycles. The molecule has 2 aromatic heterocycles. The van der Waals surface area contributed by atoms with Crippen LogP contribution in [-0.2, 0) is 10.8 Å². The Bertz CT molecular complexity index is 4540. The summed E-state index contributed by atoms with van der Waals surface area (Å²) in [7, 11) is 0. The highest BCUT2D eigenvalue weighted by Crippen LogP contribution is 2.59. The van der Waals surface area contributed by atoms with Crippen molar-refractivity contribution in [2.24, 2.45) is 0 Å². The van der Waals surface area contributed by atoms with Gasteiger partial charge in [-0.2, -0.15) is 0 Å². The highest BCUT2D eigenvalue weighted by molar-refractivity contribution is 7.26. The summed E-state index contributed by atoms with van der Waals surface area (Å²) in [4.78, 5) is 2.43. The topological polar surface area (TPSA) is 16.4 Å². The van der Waals surface area contributed by atoms with E-state index < -0.39 is 10.8 Å². The molecule has 2 aliphatic carbocycles. The summed E-state index contributed by atoms with van der Waals surface area (Å²) in [6.45, 7) is 0. The summed E-state index contributed by atoms with van der Waals surface area (Å²) >= 11 is 1.87. The molecule has 0 N–H and O–H groups in total. The first-order chi connectivity index (χ1) is 38.2. The molecule has 0 atom stereocenters. The Hall–Kier alpha value is -9.54. The fraction of sp³-hybridized carbons (Fsp3) is 0.0270. The third kappa shape index (κ3) is 6.23. The van der Waals surface area contributed by atoms with Crippen LogP contribution in [0.5, 0.6) is 0 Å². The Balaban J connectivity index is 0.919. The molecule has 0 spiro atoms. The zero-order chi connectivity index (χ0) is 50.7. The number of hydrogen-bond donors (Lipinski definition) is 0. The van der Waals surface area contributed by atoms with Gasteiger partial charge in [-0.1, -0.05) is 237 Å². The van der Waals surface area contributed by atoms with Crippen molar-refractivity contribution in [1.82, 2.24) is 0 Å².